The van der Waals surface area contributed by atoms with Crippen molar-refractivity contribution in [2.75, 3.05) is 5.32 Å². The first kappa shape index (κ1) is 19.8. The lowest BCUT2D eigenvalue weighted by Crippen LogP contribution is -2.32. The van der Waals surface area contributed by atoms with Crippen LogP contribution in [0.15, 0.2) is 53.3 Å². The normalized spacial score (nSPS) is 14.4. The highest BCUT2D eigenvalue weighted by Gasteiger charge is 2.30. The molecule has 1 fully saturated rings. The third-order valence-electron chi connectivity index (χ3n) is 4.94. The average molecular weight is 405 g/mol. The standard InChI is InChI=1S/C22H23N5O3/c1-13(2)18(22-26-19(27-30-22)14-8-10-23-11-9-14)25-21(29)16-4-3-5-17(12-16)24-20(28)15-6-7-15/h3-5,8-13,15,18H,6-7H2,1-2H3,(H,24,28)(H,25,29). The van der Waals surface area contributed by atoms with Crippen LogP contribution in [0.1, 0.15) is 49.0 Å². The monoisotopic (exact) mass is 405 g/mol. The predicted octanol–water partition coefficient (Wildman–Crippen LogP) is 3.61. The summed E-state index contributed by atoms with van der Waals surface area (Å²) in [5, 5.41) is 9.86. The third-order valence-corrected chi connectivity index (χ3v) is 4.94. The van der Waals surface area contributed by atoms with Crippen LogP contribution in [0.25, 0.3) is 11.4 Å². The van der Waals surface area contributed by atoms with Gasteiger partial charge in [-0.1, -0.05) is 25.1 Å². The molecule has 2 heterocycles. The minimum absolute atomic E-state index is 0.00196. The van der Waals surface area contributed by atoms with E-state index in [9.17, 15) is 9.59 Å². The third kappa shape index (κ3) is 4.53. The van der Waals surface area contributed by atoms with Gasteiger partial charge in [-0.2, -0.15) is 4.98 Å². The molecule has 1 atom stereocenters. The van der Waals surface area contributed by atoms with Crippen LogP contribution < -0.4 is 10.6 Å². The number of aromatic nitrogens is 3. The molecule has 4 rings (SSSR count). The van der Waals surface area contributed by atoms with E-state index in [0.717, 1.165) is 18.4 Å². The molecule has 2 amide bonds. The van der Waals surface area contributed by atoms with Crippen LogP contribution >= 0.6 is 0 Å². The van der Waals surface area contributed by atoms with Gasteiger partial charge in [0.05, 0.1) is 0 Å². The van der Waals surface area contributed by atoms with E-state index < -0.39 is 6.04 Å². The topological polar surface area (TPSA) is 110 Å². The maximum atomic E-state index is 12.9. The number of hydrogen-bond acceptors (Lipinski definition) is 6. The molecule has 8 heteroatoms. The molecule has 0 spiro atoms. The Labute approximate surface area is 174 Å². The van der Waals surface area contributed by atoms with Gasteiger partial charge in [0.2, 0.25) is 17.6 Å². The highest BCUT2D eigenvalue weighted by atomic mass is 16.5. The van der Waals surface area contributed by atoms with Gasteiger partial charge in [-0.3, -0.25) is 14.6 Å². The molecule has 1 aliphatic rings. The summed E-state index contributed by atoms with van der Waals surface area (Å²) in [6, 6.07) is 10.0. The molecule has 1 saturated carbocycles. The van der Waals surface area contributed by atoms with Gasteiger partial charge in [0.1, 0.15) is 6.04 Å². The first-order valence-electron chi connectivity index (χ1n) is 9.97. The Morgan fingerprint density at radius 1 is 1.13 bits per heavy atom. The largest absolute Gasteiger partial charge is 0.340 e. The summed E-state index contributed by atoms with van der Waals surface area (Å²) in [7, 11) is 0. The molecule has 0 bridgehead atoms. The molecule has 3 aromatic rings. The fourth-order valence-electron chi connectivity index (χ4n) is 3.05. The summed E-state index contributed by atoms with van der Waals surface area (Å²) in [6.07, 6.45) is 5.16. The predicted molar refractivity (Wildman–Crippen MR) is 110 cm³/mol. The van der Waals surface area contributed by atoms with Crippen LogP contribution in [0.2, 0.25) is 0 Å². The van der Waals surface area contributed by atoms with Crippen LogP contribution in [0.5, 0.6) is 0 Å². The van der Waals surface area contributed by atoms with Crippen molar-refractivity contribution < 1.29 is 14.1 Å². The van der Waals surface area contributed by atoms with E-state index in [1.807, 2.05) is 13.8 Å². The second-order valence-electron chi connectivity index (χ2n) is 7.73. The SMILES string of the molecule is CC(C)C(NC(=O)c1cccc(NC(=O)C2CC2)c1)c1nc(-c2ccncc2)no1. The number of carbonyl (C=O) groups excluding carboxylic acids is 2. The first-order valence-corrected chi connectivity index (χ1v) is 9.97. The Hall–Kier alpha value is -3.55. The second-order valence-corrected chi connectivity index (χ2v) is 7.73. The molecule has 1 aliphatic carbocycles. The van der Waals surface area contributed by atoms with Crippen LogP contribution in [0, 0.1) is 11.8 Å². The molecule has 1 unspecified atom stereocenters. The lowest BCUT2D eigenvalue weighted by Gasteiger charge is -2.18. The highest BCUT2D eigenvalue weighted by Crippen LogP contribution is 2.30. The van der Waals surface area contributed by atoms with Gasteiger partial charge in [0.15, 0.2) is 0 Å². The van der Waals surface area contributed by atoms with Crippen molar-refractivity contribution in [3.05, 3.63) is 60.2 Å². The van der Waals surface area contributed by atoms with Gasteiger partial charge in [-0.05, 0) is 49.1 Å². The maximum Gasteiger partial charge on any atom is 0.252 e. The van der Waals surface area contributed by atoms with Crippen molar-refractivity contribution in [1.29, 1.82) is 0 Å². The van der Waals surface area contributed by atoms with Crippen LogP contribution in [-0.2, 0) is 4.79 Å². The van der Waals surface area contributed by atoms with Crippen molar-refractivity contribution in [3.8, 4) is 11.4 Å². The van der Waals surface area contributed by atoms with Crippen molar-refractivity contribution in [3.63, 3.8) is 0 Å². The highest BCUT2D eigenvalue weighted by molar-refractivity contribution is 5.98. The average Bonchev–Trinajstić information content (AvgIpc) is 3.50. The summed E-state index contributed by atoms with van der Waals surface area (Å²) in [4.78, 5) is 33.3. The molecular weight excluding hydrogens is 382 g/mol. The van der Waals surface area contributed by atoms with Crippen molar-refractivity contribution in [2.45, 2.75) is 32.7 Å². The van der Waals surface area contributed by atoms with E-state index in [0.29, 0.717) is 23.0 Å². The van der Waals surface area contributed by atoms with E-state index in [4.69, 9.17) is 4.52 Å². The van der Waals surface area contributed by atoms with Crippen LogP contribution in [0.4, 0.5) is 5.69 Å². The molecule has 0 saturated heterocycles. The molecule has 8 nitrogen and oxygen atoms in total. The van der Waals surface area contributed by atoms with Gasteiger partial charge in [-0.25, -0.2) is 0 Å². The van der Waals surface area contributed by atoms with Crippen molar-refractivity contribution in [2.24, 2.45) is 11.8 Å². The second kappa shape index (κ2) is 8.44. The Morgan fingerprint density at radius 3 is 2.60 bits per heavy atom. The molecule has 0 aliphatic heterocycles. The number of benzene rings is 1. The Balaban J connectivity index is 1.49. The van der Waals surface area contributed by atoms with Crippen molar-refractivity contribution in [1.82, 2.24) is 20.4 Å². The molecule has 2 N–H and O–H groups in total. The number of rotatable bonds is 7. The quantitative estimate of drug-likeness (QED) is 0.621. The van der Waals surface area contributed by atoms with E-state index in [1.165, 1.54) is 0 Å². The number of carbonyl (C=O) groups is 2. The van der Waals surface area contributed by atoms with E-state index in [1.54, 1.807) is 48.8 Å². The molecule has 1 aromatic carbocycles. The summed E-state index contributed by atoms with van der Waals surface area (Å²) >= 11 is 0. The van der Waals surface area contributed by atoms with E-state index in [2.05, 4.69) is 25.8 Å². The fourth-order valence-corrected chi connectivity index (χ4v) is 3.05. The molecular formula is C22H23N5O3. The van der Waals surface area contributed by atoms with Gasteiger partial charge in [-0.15, -0.1) is 0 Å². The lowest BCUT2D eigenvalue weighted by molar-refractivity contribution is -0.117. The summed E-state index contributed by atoms with van der Waals surface area (Å²) in [6.45, 7) is 3.93. The van der Waals surface area contributed by atoms with Gasteiger partial charge in [0.25, 0.3) is 5.91 Å². The molecule has 30 heavy (non-hydrogen) atoms. The number of pyridine rings is 1. The van der Waals surface area contributed by atoms with E-state index >= 15 is 0 Å². The Bertz CT molecular complexity index is 1040. The minimum atomic E-state index is -0.453. The molecule has 0 radical (unpaired) electrons. The minimum Gasteiger partial charge on any atom is -0.340 e. The summed E-state index contributed by atoms with van der Waals surface area (Å²) < 4.78 is 5.44. The summed E-state index contributed by atoms with van der Waals surface area (Å²) in [5.41, 5.74) is 1.84. The zero-order valence-electron chi connectivity index (χ0n) is 16.8. The van der Waals surface area contributed by atoms with Crippen LogP contribution in [-0.4, -0.2) is 26.9 Å². The zero-order chi connectivity index (χ0) is 21.1. The number of anilines is 1. The van der Waals surface area contributed by atoms with Crippen LogP contribution in [0.3, 0.4) is 0 Å². The Kier molecular flexibility index (Phi) is 5.56. The Morgan fingerprint density at radius 2 is 1.90 bits per heavy atom. The zero-order valence-corrected chi connectivity index (χ0v) is 16.8. The number of amides is 2. The van der Waals surface area contributed by atoms with E-state index in [-0.39, 0.29) is 23.7 Å². The van der Waals surface area contributed by atoms with Gasteiger partial charge < -0.3 is 15.2 Å². The lowest BCUT2D eigenvalue weighted by atomic mass is 10.0. The number of nitrogens with one attached hydrogen (secondary N) is 2. The summed E-state index contributed by atoms with van der Waals surface area (Å²) in [5.74, 6) is 0.625. The maximum absolute atomic E-state index is 12.9. The molecule has 154 valence electrons. The van der Waals surface area contributed by atoms with Crippen molar-refractivity contribution >= 4 is 17.5 Å². The van der Waals surface area contributed by atoms with Gasteiger partial charge in [0, 0.05) is 35.1 Å². The van der Waals surface area contributed by atoms with Gasteiger partial charge >= 0.3 is 0 Å². The molecule has 2 aromatic heterocycles. The number of nitrogens with zero attached hydrogens (tertiary/aromatic N) is 3. The fraction of sp³-hybridized carbons (Fsp3) is 0.318. The smallest absolute Gasteiger partial charge is 0.252 e. The first-order chi connectivity index (χ1) is 14.5. The number of hydrogen-bond donors (Lipinski definition) is 2.